The van der Waals surface area contributed by atoms with Gasteiger partial charge < -0.3 is 4.74 Å². The Labute approximate surface area is 149 Å². The quantitative estimate of drug-likeness (QED) is 0.543. The first-order valence-electron chi connectivity index (χ1n) is 7.46. The first kappa shape index (κ1) is 16.7. The van der Waals surface area contributed by atoms with E-state index in [4.69, 9.17) is 16.3 Å². The Hall–Kier alpha value is -3.12. The fraction of sp³-hybridized carbons (Fsp3) is 0.0556. The van der Waals surface area contributed by atoms with Gasteiger partial charge >= 0.3 is 0 Å². The molecule has 0 spiro atoms. The zero-order chi connectivity index (χ0) is 17.6. The Kier molecular flexibility index (Phi) is 5.11. The molecular weight excluding hydrogens is 340 g/mol. The number of carbonyl (C=O) groups is 1. The fourth-order valence-corrected chi connectivity index (χ4v) is 2.42. The monoisotopic (exact) mass is 354 g/mol. The van der Waals surface area contributed by atoms with Crippen LogP contribution in [0.25, 0.3) is 11.3 Å². The van der Waals surface area contributed by atoms with Gasteiger partial charge in [0.25, 0.3) is 5.91 Å². The van der Waals surface area contributed by atoms with Crippen molar-refractivity contribution in [3.05, 3.63) is 70.9 Å². The lowest BCUT2D eigenvalue weighted by atomic mass is 10.1. The number of ether oxygens (including phenoxy) is 1. The molecular formula is C18H15ClN4O2. The highest BCUT2D eigenvalue weighted by Crippen LogP contribution is 2.28. The van der Waals surface area contributed by atoms with E-state index in [9.17, 15) is 4.79 Å². The number of carbonyl (C=O) groups excluding carboxylic acids is 1. The zero-order valence-corrected chi connectivity index (χ0v) is 14.1. The second-order valence-electron chi connectivity index (χ2n) is 5.09. The minimum atomic E-state index is -0.406. The summed E-state index contributed by atoms with van der Waals surface area (Å²) in [5.41, 5.74) is 4.84. The molecule has 0 aliphatic rings. The number of hydrogen-bond donors (Lipinski definition) is 2. The van der Waals surface area contributed by atoms with Gasteiger partial charge in [0.2, 0.25) is 0 Å². The van der Waals surface area contributed by atoms with Crippen molar-refractivity contribution in [2.24, 2.45) is 5.10 Å². The van der Waals surface area contributed by atoms with E-state index in [2.05, 4.69) is 20.7 Å². The van der Waals surface area contributed by atoms with Gasteiger partial charge in [0.1, 0.15) is 11.4 Å². The summed E-state index contributed by atoms with van der Waals surface area (Å²) in [6, 6.07) is 16.3. The summed E-state index contributed by atoms with van der Waals surface area (Å²) < 4.78 is 5.30. The van der Waals surface area contributed by atoms with Crippen molar-refractivity contribution in [1.82, 2.24) is 15.6 Å². The predicted molar refractivity (Wildman–Crippen MR) is 97.1 cm³/mol. The molecule has 0 saturated carbocycles. The number of benzene rings is 2. The minimum absolute atomic E-state index is 0.289. The second kappa shape index (κ2) is 7.63. The van der Waals surface area contributed by atoms with Crippen LogP contribution in [-0.4, -0.2) is 29.4 Å². The SMILES string of the molecule is COc1ccccc1-c1cc(C(=O)N/N=C\c2ccccc2Cl)[nH]n1. The van der Waals surface area contributed by atoms with E-state index in [1.54, 1.807) is 25.3 Å². The number of hydrogen-bond acceptors (Lipinski definition) is 4. The molecule has 25 heavy (non-hydrogen) atoms. The predicted octanol–water partition coefficient (Wildman–Crippen LogP) is 3.50. The van der Waals surface area contributed by atoms with Gasteiger partial charge in [-0.1, -0.05) is 41.9 Å². The maximum atomic E-state index is 12.2. The molecule has 7 heteroatoms. The van der Waals surface area contributed by atoms with Gasteiger partial charge in [-0.3, -0.25) is 9.89 Å². The molecule has 3 aromatic rings. The van der Waals surface area contributed by atoms with E-state index in [0.29, 0.717) is 22.0 Å². The molecule has 1 aromatic heterocycles. The topological polar surface area (TPSA) is 79.4 Å². The highest BCUT2D eigenvalue weighted by atomic mass is 35.5. The standard InChI is InChI=1S/C18H15ClN4O2/c1-25-17-9-5-3-7-13(17)15-10-16(22-21-15)18(24)23-20-11-12-6-2-4-8-14(12)19/h2-11H,1H3,(H,21,22)(H,23,24)/b20-11-. The highest BCUT2D eigenvalue weighted by molar-refractivity contribution is 6.33. The molecule has 0 unspecified atom stereocenters. The van der Waals surface area contributed by atoms with Crippen LogP contribution in [0.5, 0.6) is 5.75 Å². The van der Waals surface area contributed by atoms with Crippen molar-refractivity contribution < 1.29 is 9.53 Å². The van der Waals surface area contributed by atoms with Crippen molar-refractivity contribution in [3.63, 3.8) is 0 Å². The van der Waals surface area contributed by atoms with Crippen LogP contribution in [0.3, 0.4) is 0 Å². The van der Waals surface area contributed by atoms with Crippen LogP contribution in [0.4, 0.5) is 0 Å². The van der Waals surface area contributed by atoms with Crippen LogP contribution in [0.1, 0.15) is 16.1 Å². The number of methoxy groups -OCH3 is 1. The molecule has 0 fully saturated rings. The number of rotatable bonds is 5. The lowest BCUT2D eigenvalue weighted by Crippen LogP contribution is -2.18. The number of aromatic nitrogens is 2. The van der Waals surface area contributed by atoms with E-state index in [1.807, 2.05) is 36.4 Å². The Bertz CT molecular complexity index is 921. The van der Waals surface area contributed by atoms with Gasteiger partial charge in [-0.15, -0.1) is 0 Å². The maximum absolute atomic E-state index is 12.2. The Morgan fingerprint density at radius 1 is 1.24 bits per heavy atom. The van der Waals surface area contributed by atoms with Gasteiger partial charge in [0, 0.05) is 16.1 Å². The Balaban J connectivity index is 1.72. The van der Waals surface area contributed by atoms with E-state index >= 15 is 0 Å². The van der Waals surface area contributed by atoms with Crippen LogP contribution in [0, 0.1) is 0 Å². The molecule has 2 N–H and O–H groups in total. The molecule has 3 rings (SSSR count). The van der Waals surface area contributed by atoms with E-state index < -0.39 is 5.91 Å². The van der Waals surface area contributed by atoms with Crippen LogP contribution >= 0.6 is 11.6 Å². The summed E-state index contributed by atoms with van der Waals surface area (Å²) in [5, 5.41) is 11.3. The summed E-state index contributed by atoms with van der Waals surface area (Å²) in [5.74, 6) is 0.273. The van der Waals surface area contributed by atoms with E-state index in [-0.39, 0.29) is 5.69 Å². The molecule has 126 valence electrons. The Morgan fingerprint density at radius 3 is 2.80 bits per heavy atom. The van der Waals surface area contributed by atoms with Gasteiger partial charge in [-0.25, -0.2) is 5.43 Å². The first-order chi connectivity index (χ1) is 12.2. The molecule has 6 nitrogen and oxygen atoms in total. The van der Waals surface area contributed by atoms with Gasteiger partial charge in [-0.2, -0.15) is 10.2 Å². The van der Waals surface area contributed by atoms with Gasteiger partial charge in [0.05, 0.1) is 19.0 Å². The number of nitrogens with one attached hydrogen (secondary N) is 2. The zero-order valence-electron chi connectivity index (χ0n) is 13.4. The number of H-pyrrole nitrogens is 1. The number of nitrogens with zero attached hydrogens (tertiary/aromatic N) is 2. The second-order valence-corrected chi connectivity index (χ2v) is 5.49. The Morgan fingerprint density at radius 2 is 2.00 bits per heavy atom. The van der Waals surface area contributed by atoms with Gasteiger partial charge in [0.15, 0.2) is 0 Å². The largest absolute Gasteiger partial charge is 0.496 e. The molecule has 1 heterocycles. The van der Waals surface area contributed by atoms with Crippen LogP contribution in [-0.2, 0) is 0 Å². The van der Waals surface area contributed by atoms with E-state index in [1.165, 1.54) is 6.21 Å². The highest BCUT2D eigenvalue weighted by Gasteiger charge is 2.13. The average molecular weight is 355 g/mol. The molecule has 2 aromatic carbocycles. The number of halogens is 1. The summed E-state index contributed by atoms with van der Waals surface area (Å²) in [6.45, 7) is 0. The number of amides is 1. The average Bonchev–Trinajstić information content (AvgIpc) is 3.13. The lowest BCUT2D eigenvalue weighted by Gasteiger charge is -2.04. The van der Waals surface area contributed by atoms with Crippen LogP contribution in [0.2, 0.25) is 5.02 Å². The number of aromatic amines is 1. The van der Waals surface area contributed by atoms with Crippen molar-refractivity contribution in [3.8, 4) is 17.0 Å². The third kappa shape index (κ3) is 3.87. The fourth-order valence-electron chi connectivity index (χ4n) is 2.23. The van der Waals surface area contributed by atoms with Crippen LogP contribution < -0.4 is 10.2 Å². The molecule has 0 aliphatic carbocycles. The number of para-hydroxylation sites is 1. The molecule has 0 saturated heterocycles. The van der Waals surface area contributed by atoms with Crippen molar-refractivity contribution in [2.75, 3.05) is 7.11 Å². The smallest absolute Gasteiger partial charge is 0.289 e. The minimum Gasteiger partial charge on any atom is -0.496 e. The lowest BCUT2D eigenvalue weighted by molar-refractivity contribution is 0.0950. The van der Waals surface area contributed by atoms with Crippen molar-refractivity contribution >= 4 is 23.7 Å². The molecule has 1 amide bonds. The van der Waals surface area contributed by atoms with Crippen molar-refractivity contribution in [2.45, 2.75) is 0 Å². The molecule has 0 aliphatic heterocycles. The third-order valence-electron chi connectivity index (χ3n) is 3.48. The summed E-state index contributed by atoms with van der Waals surface area (Å²) in [6.07, 6.45) is 1.48. The maximum Gasteiger partial charge on any atom is 0.289 e. The summed E-state index contributed by atoms with van der Waals surface area (Å²) in [4.78, 5) is 12.2. The molecule has 0 atom stereocenters. The van der Waals surface area contributed by atoms with E-state index in [0.717, 1.165) is 5.56 Å². The van der Waals surface area contributed by atoms with Gasteiger partial charge in [-0.05, 0) is 24.3 Å². The third-order valence-corrected chi connectivity index (χ3v) is 3.82. The first-order valence-corrected chi connectivity index (χ1v) is 7.83. The summed E-state index contributed by atoms with van der Waals surface area (Å²) >= 11 is 6.02. The summed E-state index contributed by atoms with van der Waals surface area (Å²) in [7, 11) is 1.59. The molecule has 0 bridgehead atoms. The van der Waals surface area contributed by atoms with Crippen molar-refractivity contribution in [1.29, 1.82) is 0 Å². The normalized spacial score (nSPS) is 10.8. The molecule has 0 radical (unpaired) electrons. The van der Waals surface area contributed by atoms with Crippen LogP contribution in [0.15, 0.2) is 59.7 Å². The number of hydrazone groups is 1.